The minimum absolute atomic E-state index is 0.105. The molecular formula is C22H20N4O3S. The van der Waals surface area contributed by atoms with Gasteiger partial charge in [0.05, 0.1) is 5.56 Å². The van der Waals surface area contributed by atoms with Crippen LogP contribution in [-0.4, -0.2) is 20.6 Å². The van der Waals surface area contributed by atoms with Crippen molar-refractivity contribution in [3.05, 3.63) is 93.3 Å². The molecule has 8 heteroatoms. The van der Waals surface area contributed by atoms with Gasteiger partial charge in [0.2, 0.25) is 11.7 Å². The number of aromatic nitrogens is 3. The summed E-state index contributed by atoms with van der Waals surface area (Å²) in [6.45, 7) is 4.51. The van der Waals surface area contributed by atoms with Gasteiger partial charge in [0.15, 0.2) is 11.4 Å². The lowest BCUT2D eigenvalue weighted by Gasteiger charge is -2.07. The topological polar surface area (TPSA) is 82.5 Å². The Morgan fingerprint density at radius 1 is 1.17 bits per heavy atom. The lowest BCUT2D eigenvalue weighted by molar-refractivity contribution is 0.0993. The van der Waals surface area contributed by atoms with E-state index in [2.05, 4.69) is 46.3 Å². The molecule has 2 aromatic heterocycles. The maximum absolute atomic E-state index is 12.9. The summed E-state index contributed by atoms with van der Waals surface area (Å²) >= 11 is 1.42. The van der Waals surface area contributed by atoms with Crippen molar-refractivity contribution in [1.29, 1.82) is 0 Å². The molecule has 4 rings (SSSR count). The largest absolute Gasteiger partial charge is 0.485 e. The van der Waals surface area contributed by atoms with E-state index in [0.717, 1.165) is 5.56 Å². The minimum Gasteiger partial charge on any atom is -0.485 e. The summed E-state index contributed by atoms with van der Waals surface area (Å²) in [7, 11) is 0. The Morgan fingerprint density at radius 2 is 1.97 bits per heavy atom. The Labute approximate surface area is 177 Å². The van der Waals surface area contributed by atoms with Gasteiger partial charge in [-0.3, -0.25) is 4.79 Å². The average molecular weight is 420 g/mol. The normalized spacial score (nSPS) is 11.6. The Hall–Kier alpha value is -3.52. The van der Waals surface area contributed by atoms with Crippen LogP contribution in [0.3, 0.4) is 0 Å². The number of carbonyl (C=O) groups excluding carboxylic acids is 1. The van der Waals surface area contributed by atoms with Crippen molar-refractivity contribution >= 4 is 17.2 Å². The van der Waals surface area contributed by atoms with Gasteiger partial charge in [-0.25, -0.2) is 0 Å². The Morgan fingerprint density at radius 3 is 2.73 bits per heavy atom. The number of hydrogen-bond acceptors (Lipinski definition) is 6. The third-order valence-electron chi connectivity index (χ3n) is 4.37. The number of benzene rings is 2. The van der Waals surface area contributed by atoms with Crippen LogP contribution in [0.5, 0.6) is 5.75 Å². The highest BCUT2D eigenvalue weighted by molar-refractivity contribution is 7.07. The quantitative estimate of drug-likeness (QED) is 0.472. The molecule has 0 fully saturated rings. The van der Waals surface area contributed by atoms with Crippen LogP contribution in [0.15, 0.2) is 69.6 Å². The SMILES string of the molecule is Cc1ccc(Cn2ccsc2=NC(=O)c2ccccc2OCc2noc(C)n2)cc1. The monoisotopic (exact) mass is 420 g/mol. The van der Waals surface area contributed by atoms with Crippen molar-refractivity contribution in [2.45, 2.75) is 27.0 Å². The summed E-state index contributed by atoms with van der Waals surface area (Å²) in [6.07, 6.45) is 1.93. The van der Waals surface area contributed by atoms with Gasteiger partial charge in [-0.2, -0.15) is 9.98 Å². The summed E-state index contributed by atoms with van der Waals surface area (Å²) in [5, 5.41) is 5.72. The summed E-state index contributed by atoms with van der Waals surface area (Å²) in [6, 6.07) is 15.3. The first-order valence-electron chi connectivity index (χ1n) is 9.38. The molecule has 0 radical (unpaired) electrons. The number of rotatable bonds is 6. The molecule has 0 saturated heterocycles. The number of hydrogen-bond donors (Lipinski definition) is 0. The first kappa shape index (κ1) is 19.8. The molecule has 0 aliphatic heterocycles. The molecule has 0 aliphatic carbocycles. The summed E-state index contributed by atoms with van der Waals surface area (Å²) in [5.74, 6) is 0.940. The van der Waals surface area contributed by atoms with Crippen LogP contribution in [0.25, 0.3) is 0 Å². The molecule has 2 aromatic carbocycles. The molecule has 152 valence electrons. The standard InChI is InChI=1S/C22H20N4O3S/c1-15-7-9-17(10-8-15)13-26-11-12-30-22(26)24-21(27)18-5-3-4-6-19(18)28-14-20-23-16(2)29-25-20/h3-12H,13-14H2,1-2H3. The van der Waals surface area contributed by atoms with E-state index in [9.17, 15) is 4.79 Å². The Kier molecular flexibility index (Phi) is 5.85. The van der Waals surface area contributed by atoms with Crippen LogP contribution in [0.2, 0.25) is 0 Å². The van der Waals surface area contributed by atoms with Crippen LogP contribution in [0.4, 0.5) is 0 Å². The van der Waals surface area contributed by atoms with Gasteiger partial charge in [0.1, 0.15) is 5.75 Å². The fourth-order valence-corrected chi connectivity index (χ4v) is 3.58. The van der Waals surface area contributed by atoms with E-state index < -0.39 is 0 Å². The minimum atomic E-state index is -0.366. The van der Waals surface area contributed by atoms with E-state index >= 15 is 0 Å². The molecule has 30 heavy (non-hydrogen) atoms. The maximum atomic E-state index is 12.9. The van der Waals surface area contributed by atoms with Crippen molar-refractivity contribution in [3.8, 4) is 5.75 Å². The fraction of sp³-hybridized carbons (Fsp3) is 0.182. The number of carbonyl (C=O) groups is 1. The van der Waals surface area contributed by atoms with Crippen LogP contribution in [0.1, 0.15) is 33.2 Å². The van der Waals surface area contributed by atoms with Gasteiger partial charge in [0.25, 0.3) is 5.91 Å². The molecule has 0 atom stereocenters. The lowest BCUT2D eigenvalue weighted by Crippen LogP contribution is -2.17. The highest BCUT2D eigenvalue weighted by Gasteiger charge is 2.13. The smallest absolute Gasteiger partial charge is 0.283 e. The molecular weight excluding hydrogens is 400 g/mol. The second kappa shape index (κ2) is 8.87. The van der Waals surface area contributed by atoms with Crippen LogP contribution in [0, 0.1) is 13.8 Å². The number of aryl methyl sites for hydroxylation is 2. The Bertz CT molecular complexity index is 1220. The van der Waals surface area contributed by atoms with Crippen molar-refractivity contribution in [3.63, 3.8) is 0 Å². The summed E-state index contributed by atoms with van der Waals surface area (Å²) in [4.78, 5) is 22.0. The number of nitrogens with zero attached hydrogens (tertiary/aromatic N) is 4. The molecule has 7 nitrogen and oxygen atoms in total. The van der Waals surface area contributed by atoms with Gasteiger partial charge in [-0.1, -0.05) is 47.1 Å². The second-order valence-corrected chi connectivity index (χ2v) is 7.60. The molecule has 0 unspecified atom stereocenters. The van der Waals surface area contributed by atoms with E-state index in [0.29, 0.717) is 34.4 Å². The van der Waals surface area contributed by atoms with Gasteiger partial charge in [-0.05, 0) is 24.6 Å². The first-order chi connectivity index (χ1) is 14.6. The van der Waals surface area contributed by atoms with Crippen LogP contribution in [-0.2, 0) is 13.2 Å². The number of amides is 1. The van der Waals surface area contributed by atoms with E-state index in [1.165, 1.54) is 16.9 Å². The fourth-order valence-electron chi connectivity index (χ4n) is 2.86. The number of thiazole rings is 1. The predicted molar refractivity (Wildman–Crippen MR) is 112 cm³/mol. The zero-order valence-electron chi connectivity index (χ0n) is 16.6. The van der Waals surface area contributed by atoms with Gasteiger partial charge in [0, 0.05) is 25.0 Å². The molecule has 0 saturated carbocycles. The molecule has 1 amide bonds. The number of para-hydroxylation sites is 1. The highest BCUT2D eigenvalue weighted by Crippen LogP contribution is 2.20. The summed E-state index contributed by atoms with van der Waals surface area (Å²) < 4.78 is 12.6. The first-order valence-corrected chi connectivity index (χ1v) is 10.3. The molecule has 0 aliphatic rings. The molecule has 0 bridgehead atoms. The average Bonchev–Trinajstić information content (AvgIpc) is 3.37. The summed E-state index contributed by atoms with van der Waals surface area (Å²) in [5.41, 5.74) is 2.74. The van der Waals surface area contributed by atoms with Crippen LogP contribution < -0.4 is 9.54 Å². The Balaban J connectivity index is 1.55. The predicted octanol–water partition coefficient (Wildman–Crippen LogP) is 3.92. The zero-order chi connectivity index (χ0) is 20.9. The maximum Gasteiger partial charge on any atom is 0.283 e. The van der Waals surface area contributed by atoms with Crippen LogP contribution >= 0.6 is 11.3 Å². The lowest BCUT2D eigenvalue weighted by atomic mass is 10.1. The highest BCUT2D eigenvalue weighted by atomic mass is 32.1. The third-order valence-corrected chi connectivity index (χ3v) is 5.17. The molecule has 0 N–H and O–H groups in total. The second-order valence-electron chi connectivity index (χ2n) is 6.73. The molecule has 0 spiro atoms. The van der Waals surface area contributed by atoms with Gasteiger partial charge < -0.3 is 13.8 Å². The van der Waals surface area contributed by atoms with E-state index in [4.69, 9.17) is 9.26 Å². The molecule has 4 aromatic rings. The van der Waals surface area contributed by atoms with Gasteiger partial charge >= 0.3 is 0 Å². The zero-order valence-corrected chi connectivity index (χ0v) is 17.4. The van der Waals surface area contributed by atoms with E-state index in [1.54, 1.807) is 31.2 Å². The van der Waals surface area contributed by atoms with E-state index in [1.807, 2.05) is 16.1 Å². The van der Waals surface area contributed by atoms with Crippen molar-refractivity contribution < 1.29 is 14.1 Å². The van der Waals surface area contributed by atoms with Crippen molar-refractivity contribution in [1.82, 2.24) is 14.7 Å². The van der Waals surface area contributed by atoms with Crippen molar-refractivity contribution in [2.75, 3.05) is 0 Å². The van der Waals surface area contributed by atoms with Crippen molar-refractivity contribution in [2.24, 2.45) is 4.99 Å². The van der Waals surface area contributed by atoms with E-state index in [-0.39, 0.29) is 12.5 Å². The van der Waals surface area contributed by atoms with Gasteiger partial charge in [-0.15, -0.1) is 11.3 Å². The third kappa shape index (κ3) is 4.72. The molecule has 2 heterocycles. The number of ether oxygens (including phenoxy) is 1.